The number of anilines is 1. The fourth-order valence-corrected chi connectivity index (χ4v) is 5.06. The zero-order valence-electron chi connectivity index (χ0n) is 22.1. The van der Waals surface area contributed by atoms with Crippen LogP contribution in [0.4, 0.5) is 5.69 Å². The second-order valence-electron chi connectivity index (χ2n) is 9.06. The summed E-state index contributed by atoms with van der Waals surface area (Å²) >= 11 is 6.65. The molecule has 5 rings (SSSR count). The number of hydrogen-bond donors (Lipinski definition) is 1. The van der Waals surface area contributed by atoms with Crippen molar-refractivity contribution < 1.29 is 23.8 Å². The fraction of sp³-hybridized carbons (Fsp3) is 0.0938. The number of fused-ring (bicyclic) bond motifs is 1. The smallest absolute Gasteiger partial charge is 0.355 e. The van der Waals surface area contributed by atoms with Crippen LogP contribution in [0.1, 0.15) is 11.5 Å². The highest BCUT2D eigenvalue weighted by molar-refractivity contribution is 6.32. The Morgan fingerprint density at radius 3 is 2.22 bits per heavy atom. The van der Waals surface area contributed by atoms with Gasteiger partial charge in [-0.25, -0.2) is 9.59 Å². The molecule has 2 N–H and O–H groups in total. The van der Waals surface area contributed by atoms with Gasteiger partial charge in [-0.1, -0.05) is 72.3 Å². The van der Waals surface area contributed by atoms with Gasteiger partial charge in [0.1, 0.15) is 23.0 Å². The lowest BCUT2D eigenvalue weighted by Gasteiger charge is -2.36. The van der Waals surface area contributed by atoms with Gasteiger partial charge in [0, 0.05) is 5.69 Å². The van der Waals surface area contributed by atoms with Crippen molar-refractivity contribution in [2.75, 3.05) is 19.1 Å². The molecule has 0 aliphatic carbocycles. The van der Waals surface area contributed by atoms with Gasteiger partial charge in [0.15, 0.2) is 0 Å². The van der Waals surface area contributed by atoms with Crippen LogP contribution >= 0.6 is 11.6 Å². The van der Waals surface area contributed by atoms with E-state index in [2.05, 4.69) is 6.07 Å². The number of rotatable bonds is 6. The number of nitriles is 1. The zero-order valence-corrected chi connectivity index (χ0v) is 22.9. The topological polar surface area (TPSA) is 115 Å². The van der Waals surface area contributed by atoms with Crippen molar-refractivity contribution >= 4 is 40.0 Å². The SMILES string of the molecule is COC(=O)C1=C(C(=O)OC)N(c2ccc(Oc3ccc4ccccc4c3)c(Cl)c2)C(N)=C(C#N)C1c1ccccc1. The maximum absolute atomic E-state index is 13.3. The number of benzene rings is 4. The van der Waals surface area contributed by atoms with Gasteiger partial charge in [-0.3, -0.25) is 4.90 Å². The van der Waals surface area contributed by atoms with Crippen LogP contribution in [0.15, 0.2) is 114 Å². The Morgan fingerprint density at radius 1 is 0.878 bits per heavy atom. The van der Waals surface area contributed by atoms with Crippen molar-refractivity contribution in [2.45, 2.75) is 5.92 Å². The summed E-state index contributed by atoms with van der Waals surface area (Å²) in [4.78, 5) is 27.7. The van der Waals surface area contributed by atoms with E-state index in [1.807, 2.05) is 42.5 Å². The standard InChI is InChI=1S/C32H24ClN3O5/c1-39-31(37)28-27(20-9-4-3-5-10-20)24(18-34)30(35)36(29(28)32(38)40-2)22-13-15-26(25(33)17-22)41-23-14-12-19-8-6-7-11-21(19)16-23/h3-17,27H,35H2,1-2H3. The van der Waals surface area contributed by atoms with E-state index in [0.29, 0.717) is 22.7 Å². The third-order valence-electron chi connectivity index (χ3n) is 6.73. The molecule has 1 atom stereocenters. The first-order valence-electron chi connectivity index (χ1n) is 12.5. The Hall–Kier alpha value is -5.26. The van der Waals surface area contributed by atoms with Crippen LogP contribution in [0.5, 0.6) is 11.5 Å². The molecule has 1 heterocycles. The van der Waals surface area contributed by atoms with Crippen LogP contribution in [0.3, 0.4) is 0 Å². The Morgan fingerprint density at radius 2 is 1.56 bits per heavy atom. The van der Waals surface area contributed by atoms with Crippen LogP contribution in [0, 0.1) is 11.3 Å². The summed E-state index contributed by atoms with van der Waals surface area (Å²) in [7, 11) is 2.38. The van der Waals surface area contributed by atoms with Crippen molar-refractivity contribution in [2.24, 2.45) is 5.73 Å². The lowest BCUT2D eigenvalue weighted by atomic mass is 9.81. The third kappa shape index (κ3) is 5.07. The number of methoxy groups -OCH3 is 2. The van der Waals surface area contributed by atoms with Gasteiger partial charge in [-0.05, 0) is 46.7 Å². The summed E-state index contributed by atoms with van der Waals surface area (Å²) in [5.74, 6) is -1.76. The van der Waals surface area contributed by atoms with Gasteiger partial charge >= 0.3 is 11.9 Å². The molecule has 8 nitrogen and oxygen atoms in total. The quantitative estimate of drug-likeness (QED) is 0.275. The van der Waals surface area contributed by atoms with E-state index < -0.39 is 17.9 Å². The number of esters is 2. The van der Waals surface area contributed by atoms with Crippen LogP contribution < -0.4 is 15.4 Å². The molecule has 9 heteroatoms. The molecule has 0 saturated carbocycles. The van der Waals surface area contributed by atoms with Gasteiger partial charge in [-0.15, -0.1) is 0 Å². The zero-order chi connectivity index (χ0) is 29.1. The van der Waals surface area contributed by atoms with E-state index in [1.54, 1.807) is 42.5 Å². The summed E-state index contributed by atoms with van der Waals surface area (Å²) < 4.78 is 16.2. The minimum atomic E-state index is -0.968. The van der Waals surface area contributed by atoms with Crippen molar-refractivity contribution in [3.05, 3.63) is 124 Å². The number of ether oxygens (including phenoxy) is 3. The normalized spacial score (nSPS) is 15.0. The number of hydrogen-bond acceptors (Lipinski definition) is 8. The first-order chi connectivity index (χ1) is 19.9. The summed E-state index contributed by atoms with van der Waals surface area (Å²) in [6.45, 7) is 0. The van der Waals surface area contributed by atoms with E-state index in [1.165, 1.54) is 25.2 Å². The molecule has 0 fully saturated rings. The average Bonchev–Trinajstić information content (AvgIpc) is 3.01. The molecule has 0 saturated heterocycles. The average molecular weight is 566 g/mol. The monoisotopic (exact) mass is 565 g/mol. The van der Waals surface area contributed by atoms with Crippen molar-refractivity contribution in [1.29, 1.82) is 5.26 Å². The molecule has 0 spiro atoms. The van der Waals surface area contributed by atoms with Crippen molar-refractivity contribution in [1.82, 2.24) is 0 Å². The predicted octanol–water partition coefficient (Wildman–Crippen LogP) is 6.18. The number of allylic oxidation sites excluding steroid dienone is 1. The van der Waals surface area contributed by atoms with Crippen LogP contribution in [-0.4, -0.2) is 26.2 Å². The molecule has 0 radical (unpaired) electrons. The molecule has 0 bridgehead atoms. The van der Waals surface area contributed by atoms with Gasteiger partial charge in [0.25, 0.3) is 0 Å². The minimum Gasteiger partial charge on any atom is -0.466 e. The summed E-state index contributed by atoms with van der Waals surface area (Å²) in [6, 6.07) is 29.2. The number of carbonyl (C=O) groups excluding carboxylic acids is 2. The highest BCUT2D eigenvalue weighted by Gasteiger charge is 2.43. The summed E-state index contributed by atoms with van der Waals surface area (Å²) in [5, 5.41) is 12.5. The van der Waals surface area contributed by atoms with E-state index >= 15 is 0 Å². The molecule has 204 valence electrons. The summed E-state index contributed by atoms with van der Waals surface area (Å²) in [5.41, 5.74) is 7.21. The Labute approximate surface area is 241 Å². The molecule has 4 aromatic carbocycles. The number of carbonyl (C=O) groups is 2. The largest absolute Gasteiger partial charge is 0.466 e. The second kappa shape index (κ2) is 11.5. The molecule has 41 heavy (non-hydrogen) atoms. The highest BCUT2D eigenvalue weighted by atomic mass is 35.5. The third-order valence-corrected chi connectivity index (χ3v) is 7.03. The molecule has 1 unspecified atom stereocenters. The number of nitrogens with two attached hydrogens (primary N) is 1. The maximum Gasteiger partial charge on any atom is 0.355 e. The lowest BCUT2D eigenvalue weighted by Crippen LogP contribution is -2.40. The number of halogens is 1. The van der Waals surface area contributed by atoms with Gasteiger partial charge in [0.2, 0.25) is 0 Å². The van der Waals surface area contributed by atoms with E-state index in [9.17, 15) is 14.9 Å². The van der Waals surface area contributed by atoms with Crippen LogP contribution in [0.2, 0.25) is 5.02 Å². The van der Waals surface area contributed by atoms with Gasteiger partial charge in [-0.2, -0.15) is 5.26 Å². The first-order valence-corrected chi connectivity index (χ1v) is 12.9. The maximum atomic E-state index is 13.3. The van der Waals surface area contributed by atoms with Crippen molar-refractivity contribution in [3.8, 4) is 17.6 Å². The molecule has 1 aliphatic heterocycles. The Kier molecular flexibility index (Phi) is 7.64. The Balaban J connectivity index is 1.63. The molecule has 0 aromatic heterocycles. The molecule has 1 aliphatic rings. The van der Waals surface area contributed by atoms with Crippen LogP contribution in [-0.2, 0) is 19.1 Å². The molecule has 4 aromatic rings. The van der Waals surface area contributed by atoms with E-state index in [-0.39, 0.29) is 27.7 Å². The minimum absolute atomic E-state index is 0.0527. The first kappa shape index (κ1) is 27.3. The van der Waals surface area contributed by atoms with E-state index in [4.69, 9.17) is 31.5 Å². The molecule has 0 amide bonds. The predicted molar refractivity (Wildman–Crippen MR) is 155 cm³/mol. The second-order valence-corrected chi connectivity index (χ2v) is 9.47. The van der Waals surface area contributed by atoms with Gasteiger partial charge in [0.05, 0.1) is 42.4 Å². The molecular weight excluding hydrogens is 542 g/mol. The van der Waals surface area contributed by atoms with Gasteiger partial charge < -0.3 is 19.9 Å². The fourth-order valence-electron chi connectivity index (χ4n) is 4.85. The van der Waals surface area contributed by atoms with E-state index in [0.717, 1.165) is 10.8 Å². The summed E-state index contributed by atoms with van der Waals surface area (Å²) in [6.07, 6.45) is 0. The Bertz CT molecular complexity index is 1780. The molecular formula is C32H24ClN3O5. The number of nitrogens with zero attached hydrogens (tertiary/aromatic N) is 2. The lowest BCUT2D eigenvalue weighted by molar-refractivity contribution is -0.139. The van der Waals surface area contributed by atoms with Crippen molar-refractivity contribution in [3.63, 3.8) is 0 Å². The van der Waals surface area contributed by atoms with Crippen LogP contribution in [0.25, 0.3) is 10.8 Å². The highest BCUT2D eigenvalue weighted by Crippen LogP contribution is 2.44.